The molecule has 120 valence electrons. The Morgan fingerprint density at radius 2 is 1.68 bits per heavy atom. The fourth-order valence-corrected chi connectivity index (χ4v) is 3.78. The van der Waals surface area contributed by atoms with Crippen LogP contribution in [0.1, 0.15) is 24.7 Å². The lowest BCUT2D eigenvalue weighted by Crippen LogP contribution is -2.46. The van der Waals surface area contributed by atoms with E-state index in [1.54, 1.807) is 18.4 Å². The number of rotatable bonds is 4. The van der Waals surface area contributed by atoms with Gasteiger partial charge in [-0.15, -0.1) is 10.2 Å². The lowest BCUT2D eigenvalue weighted by Gasteiger charge is -2.33. The van der Waals surface area contributed by atoms with Gasteiger partial charge in [-0.3, -0.25) is 0 Å². The van der Waals surface area contributed by atoms with E-state index in [-0.39, 0.29) is 0 Å². The van der Waals surface area contributed by atoms with Crippen LogP contribution in [0, 0.1) is 6.92 Å². The summed E-state index contributed by atoms with van der Waals surface area (Å²) in [5, 5.41) is 11.3. The van der Waals surface area contributed by atoms with Crippen LogP contribution in [0.5, 0.6) is 0 Å². The zero-order valence-electron chi connectivity index (χ0n) is 13.2. The minimum Gasteiger partial charge on any atom is -0.371 e. The van der Waals surface area contributed by atoms with Crippen LogP contribution in [0.3, 0.4) is 0 Å². The van der Waals surface area contributed by atoms with Gasteiger partial charge in [-0.2, -0.15) is 4.37 Å². The summed E-state index contributed by atoms with van der Waals surface area (Å²) < 4.78 is 9.89. The van der Waals surface area contributed by atoms with Crippen LogP contribution in [0.4, 0.5) is 10.3 Å². The second-order valence-corrected chi connectivity index (χ2v) is 7.58. The van der Waals surface area contributed by atoms with Gasteiger partial charge in [0.1, 0.15) is 10.6 Å². The molecule has 1 aliphatic heterocycles. The molecule has 0 unspecified atom stereocenters. The maximum Gasteiger partial charge on any atom is 0.208 e. The molecule has 7 nitrogen and oxygen atoms in total. The zero-order chi connectivity index (χ0) is 15.7. The minimum absolute atomic E-state index is 0.444. The van der Waals surface area contributed by atoms with Crippen molar-refractivity contribution in [1.82, 2.24) is 19.6 Å². The maximum atomic E-state index is 5.44. The first-order valence-electron chi connectivity index (χ1n) is 7.19. The summed E-state index contributed by atoms with van der Waals surface area (Å²) in [6.45, 7) is 9.64. The summed E-state index contributed by atoms with van der Waals surface area (Å²) >= 11 is 3.09. The highest BCUT2D eigenvalue weighted by Gasteiger charge is 2.27. The molecule has 0 amide bonds. The molecule has 0 atom stereocenters. The van der Waals surface area contributed by atoms with Gasteiger partial charge in [0, 0.05) is 44.8 Å². The molecule has 1 fully saturated rings. The van der Waals surface area contributed by atoms with Crippen molar-refractivity contribution in [2.24, 2.45) is 0 Å². The second-order valence-electron chi connectivity index (χ2n) is 5.69. The molecule has 1 aliphatic rings. The van der Waals surface area contributed by atoms with Crippen LogP contribution in [0.15, 0.2) is 0 Å². The van der Waals surface area contributed by atoms with E-state index in [0.29, 0.717) is 0 Å². The topological polar surface area (TPSA) is 67.3 Å². The molecule has 2 aromatic heterocycles. The van der Waals surface area contributed by atoms with E-state index >= 15 is 0 Å². The van der Waals surface area contributed by atoms with E-state index < -0.39 is 5.60 Å². The number of piperazine rings is 1. The number of anilines is 2. The van der Waals surface area contributed by atoms with E-state index in [0.717, 1.165) is 47.3 Å². The molecule has 2 aromatic rings. The third-order valence-corrected chi connectivity index (χ3v) is 5.48. The fraction of sp³-hybridized carbons (Fsp3) is 0.692. The summed E-state index contributed by atoms with van der Waals surface area (Å²) in [4.78, 5) is 9.20. The average Bonchev–Trinajstić information content (AvgIpc) is 3.17. The summed E-state index contributed by atoms with van der Waals surface area (Å²) in [7, 11) is 1.68. The quantitative estimate of drug-likeness (QED) is 0.842. The lowest BCUT2D eigenvalue weighted by molar-refractivity contribution is 0.0125. The van der Waals surface area contributed by atoms with Crippen LogP contribution in [0.25, 0.3) is 0 Å². The molecule has 0 N–H and O–H groups in total. The molecule has 0 aromatic carbocycles. The number of hydrogen-bond donors (Lipinski definition) is 0. The van der Waals surface area contributed by atoms with E-state index in [9.17, 15) is 0 Å². The molecule has 9 heteroatoms. The maximum absolute atomic E-state index is 5.44. The van der Waals surface area contributed by atoms with Crippen LogP contribution < -0.4 is 9.80 Å². The van der Waals surface area contributed by atoms with Gasteiger partial charge in [0.05, 0.1) is 0 Å². The molecular weight excluding hydrogens is 320 g/mol. The molecule has 0 bridgehead atoms. The van der Waals surface area contributed by atoms with E-state index in [4.69, 9.17) is 4.74 Å². The number of aromatic nitrogens is 4. The van der Waals surface area contributed by atoms with Crippen molar-refractivity contribution in [3.63, 3.8) is 0 Å². The Morgan fingerprint density at radius 1 is 1.05 bits per heavy atom. The summed E-state index contributed by atoms with van der Waals surface area (Å²) in [6, 6.07) is 0. The number of hydrogen-bond acceptors (Lipinski definition) is 9. The largest absolute Gasteiger partial charge is 0.371 e. The number of aryl methyl sites for hydroxylation is 1. The van der Waals surface area contributed by atoms with Crippen molar-refractivity contribution in [2.75, 3.05) is 43.1 Å². The van der Waals surface area contributed by atoms with Crippen LogP contribution in [-0.4, -0.2) is 52.8 Å². The first kappa shape index (κ1) is 15.6. The van der Waals surface area contributed by atoms with Crippen molar-refractivity contribution < 1.29 is 4.74 Å². The molecule has 0 spiro atoms. The van der Waals surface area contributed by atoms with Crippen molar-refractivity contribution in [3.05, 3.63) is 10.8 Å². The van der Waals surface area contributed by atoms with Crippen LogP contribution in [0.2, 0.25) is 0 Å². The Hall–Kier alpha value is -1.32. The normalized spacial score (nSPS) is 16.4. The number of ether oxygens (including phenoxy) is 1. The Labute approximate surface area is 138 Å². The summed E-state index contributed by atoms with van der Waals surface area (Å²) in [5.41, 5.74) is -0.444. The number of nitrogens with zero attached hydrogens (tertiary/aromatic N) is 6. The highest BCUT2D eigenvalue weighted by Crippen LogP contribution is 2.28. The molecule has 0 saturated carbocycles. The fourth-order valence-electron chi connectivity index (χ4n) is 2.18. The Balaban J connectivity index is 1.64. The predicted octanol–water partition coefficient (Wildman–Crippen LogP) is 1.91. The average molecular weight is 340 g/mol. The van der Waals surface area contributed by atoms with Crippen LogP contribution in [-0.2, 0) is 10.3 Å². The van der Waals surface area contributed by atoms with E-state index in [2.05, 4.69) is 29.4 Å². The molecule has 0 radical (unpaired) electrons. The predicted molar refractivity (Wildman–Crippen MR) is 89.0 cm³/mol. The van der Waals surface area contributed by atoms with Crippen LogP contribution >= 0.6 is 22.9 Å². The van der Waals surface area contributed by atoms with Gasteiger partial charge in [-0.25, -0.2) is 4.98 Å². The SMILES string of the molecule is COC(C)(C)c1nsc(N2CCN(c3nnc(C)s3)CC2)n1. The van der Waals surface area contributed by atoms with Gasteiger partial charge in [0.2, 0.25) is 10.3 Å². The van der Waals surface area contributed by atoms with Crippen molar-refractivity contribution in [2.45, 2.75) is 26.4 Å². The molecular formula is C13H20N6OS2. The molecule has 22 heavy (non-hydrogen) atoms. The molecule has 3 rings (SSSR count). The zero-order valence-corrected chi connectivity index (χ0v) is 14.9. The third-order valence-electron chi connectivity index (χ3n) is 3.80. The van der Waals surface area contributed by atoms with Gasteiger partial charge in [0.15, 0.2) is 5.82 Å². The Kier molecular flexibility index (Phi) is 4.28. The molecule has 3 heterocycles. The Morgan fingerprint density at radius 3 is 2.23 bits per heavy atom. The second kappa shape index (κ2) is 6.05. The van der Waals surface area contributed by atoms with Gasteiger partial charge in [0.25, 0.3) is 0 Å². The van der Waals surface area contributed by atoms with Gasteiger partial charge in [-0.1, -0.05) is 11.3 Å². The van der Waals surface area contributed by atoms with Crippen molar-refractivity contribution in [1.29, 1.82) is 0 Å². The highest BCUT2D eigenvalue weighted by atomic mass is 32.1. The first-order chi connectivity index (χ1) is 10.5. The number of methoxy groups -OCH3 is 1. The Bertz CT molecular complexity index is 632. The monoisotopic (exact) mass is 340 g/mol. The smallest absolute Gasteiger partial charge is 0.208 e. The lowest BCUT2D eigenvalue weighted by atomic mass is 10.1. The highest BCUT2D eigenvalue weighted by molar-refractivity contribution is 7.15. The summed E-state index contributed by atoms with van der Waals surface area (Å²) in [5.74, 6) is 0.747. The van der Waals surface area contributed by atoms with Crippen molar-refractivity contribution >= 4 is 33.1 Å². The third kappa shape index (κ3) is 3.06. The summed E-state index contributed by atoms with van der Waals surface area (Å²) in [6.07, 6.45) is 0. The molecule has 0 aliphatic carbocycles. The molecule has 1 saturated heterocycles. The van der Waals surface area contributed by atoms with Gasteiger partial charge in [-0.05, 0) is 20.8 Å². The van der Waals surface area contributed by atoms with Crippen molar-refractivity contribution in [3.8, 4) is 0 Å². The van der Waals surface area contributed by atoms with Gasteiger partial charge < -0.3 is 14.5 Å². The van der Waals surface area contributed by atoms with E-state index in [1.807, 2.05) is 20.8 Å². The minimum atomic E-state index is -0.444. The van der Waals surface area contributed by atoms with E-state index in [1.165, 1.54) is 11.5 Å². The van der Waals surface area contributed by atoms with Gasteiger partial charge >= 0.3 is 0 Å². The standard InChI is InChI=1S/C13H20N6OS2/c1-9-15-16-12(21-9)19-7-5-18(6-8-19)11-14-10(17-22-11)13(2,3)20-4/h5-8H2,1-4H3. The first-order valence-corrected chi connectivity index (χ1v) is 8.78.